The summed E-state index contributed by atoms with van der Waals surface area (Å²) in [6, 6.07) is 3.69. The number of nitrogens with one attached hydrogen (secondary N) is 1. The fraction of sp³-hybridized carbons (Fsp3) is 0.400. The molecule has 3 heteroatoms. The minimum absolute atomic E-state index is 0.310. The number of aromatic amines is 1. The number of allylic oxidation sites excluding steroid dienone is 2. The second-order valence-electron chi connectivity index (χ2n) is 7.91. The molecule has 1 aromatic carbocycles. The van der Waals surface area contributed by atoms with Crippen LogP contribution in [0.25, 0.3) is 5.57 Å². The standard InChI is InChI=1S/C25H32N2O/c1-9-20-15(5)24(26-17(20)7)23(22-13(3)11-19(28)12-14(22)4)25-16(6)21(10-2)18(8)27-25/h11-12,26,28H,9-10H2,1-8H3/b25-23-. The molecule has 0 saturated heterocycles. The molecule has 28 heavy (non-hydrogen) atoms. The van der Waals surface area contributed by atoms with Crippen LogP contribution in [0, 0.1) is 27.7 Å². The van der Waals surface area contributed by atoms with E-state index in [0.29, 0.717) is 5.75 Å². The zero-order valence-corrected chi connectivity index (χ0v) is 18.5. The molecular weight excluding hydrogens is 344 g/mol. The van der Waals surface area contributed by atoms with E-state index < -0.39 is 0 Å². The summed E-state index contributed by atoms with van der Waals surface area (Å²) in [4.78, 5) is 8.69. The van der Waals surface area contributed by atoms with Crippen molar-refractivity contribution >= 4 is 11.3 Å². The predicted molar refractivity (Wildman–Crippen MR) is 119 cm³/mol. The van der Waals surface area contributed by atoms with E-state index in [0.717, 1.165) is 52.2 Å². The van der Waals surface area contributed by atoms with Gasteiger partial charge in [0, 0.05) is 17.0 Å². The third-order valence-corrected chi connectivity index (χ3v) is 6.08. The minimum Gasteiger partial charge on any atom is -0.508 e. The average Bonchev–Trinajstić information content (AvgIpc) is 3.05. The maximum Gasteiger partial charge on any atom is 0.116 e. The van der Waals surface area contributed by atoms with Crippen LogP contribution in [0.2, 0.25) is 0 Å². The Morgan fingerprint density at radius 3 is 2.04 bits per heavy atom. The molecule has 1 aliphatic heterocycles. The lowest BCUT2D eigenvalue weighted by molar-refractivity contribution is 0.474. The number of aliphatic imine (C=N–C) groups is 1. The van der Waals surface area contributed by atoms with Crippen molar-refractivity contribution in [1.82, 2.24) is 4.98 Å². The molecule has 0 atom stereocenters. The number of aromatic nitrogens is 1. The summed E-state index contributed by atoms with van der Waals surface area (Å²) in [7, 11) is 0. The first kappa shape index (κ1) is 20.2. The first-order valence-corrected chi connectivity index (χ1v) is 10.2. The van der Waals surface area contributed by atoms with Gasteiger partial charge in [-0.05, 0) is 105 Å². The highest BCUT2D eigenvalue weighted by Crippen LogP contribution is 2.41. The van der Waals surface area contributed by atoms with Crippen molar-refractivity contribution in [1.29, 1.82) is 0 Å². The Kier molecular flexibility index (Phi) is 5.38. The number of hydrogen-bond acceptors (Lipinski definition) is 2. The highest BCUT2D eigenvalue weighted by molar-refractivity contribution is 6.05. The highest BCUT2D eigenvalue weighted by Gasteiger charge is 2.26. The first-order chi connectivity index (χ1) is 13.2. The van der Waals surface area contributed by atoms with E-state index in [9.17, 15) is 5.11 Å². The quantitative estimate of drug-likeness (QED) is 0.630. The molecule has 0 bridgehead atoms. The van der Waals surface area contributed by atoms with Crippen molar-refractivity contribution < 1.29 is 5.11 Å². The number of phenolic OH excluding ortho intramolecular Hbond substituents is 1. The van der Waals surface area contributed by atoms with Gasteiger partial charge in [0.2, 0.25) is 0 Å². The summed E-state index contributed by atoms with van der Waals surface area (Å²) >= 11 is 0. The Balaban J connectivity index is 2.46. The Bertz CT molecular complexity index is 1020. The van der Waals surface area contributed by atoms with E-state index >= 15 is 0 Å². The normalized spacial score (nSPS) is 16.1. The van der Waals surface area contributed by atoms with Gasteiger partial charge in [0.15, 0.2) is 0 Å². The molecule has 0 unspecified atom stereocenters. The zero-order valence-electron chi connectivity index (χ0n) is 18.5. The lowest BCUT2D eigenvalue weighted by Gasteiger charge is -2.18. The Hall–Kier alpha value is -2.55. The minimum atomic E-state index is 0.310. The van der Waals surface area contributed by atoms with Gasteiger partial charge in [-0.3, -0.25) is 4.99 Å². The van der Waals surface area contributed by atoms with Gasteiger partial charge in [0.05, 0.1) is 11.4 Å². The van der Waals surface area contributed by atoms with E-state index in [1.165, 1.54) is 28.0 Å². The molecule has 0 aliphatic carbocycles. The topological polar surface area (TPSA) is 48.4 Å². The largest absolute Gasteiger partial charge is 0.508 e. The molecule has 2 N–H and O–H groups in total. The molecule has 1 aromatic heterocycles. The van der Waals surface area contributed by atoms with Crippen LogP contribution in [0.1, 0.15) is 73.3 Å². The van der Waals surface area contributed by atoms with Crippen LogP contribution in [0.15, 0.2) is 34.0 Å². The highest BCUT2D eigenvalue weighted by atomic mass is 16.3. The average molecular weight is 377 g/mol. The summed E-state index contributed by atoms with van der Waals surface area (Å²) < 4.78 is 0. The van der Waals surface area contributed by atoms with E-state index in [-0.39, 0.29) is 0 Å². The molecule has 148 valence electrons. The summed E-state index contributed by atoms with van der Waals surface area (Å²) in [5, 5.41) is 10.1. The summed E-state index contributed by atoms with van der Waals surface area (Å²) in [5.41, 5.74) is 14.2. The number of nitrogens with zero attached hydrogens (tertiary/aromatic N) is 1. The molecule has 2 aromatic rings. The summed E-state index contributed by atoms with van der Waals surface area (Å²) in [5.74, 6) is 0.310. The fourth-order valence-electron chi connectivity index (χ4n) is 4.76. The number of aromatic hydroxyl groups is 1. The van der Waals surface area contributed by atoms with Crippen molar-refractivity contribution in [2.45, 2.75) is 68.2 Å². The van der Waals surface area contributed by atoms with Crippen molar-refractivity contribution in [3.63, 3.8) is 0 Å². The number of aryl methyl sites for hydroxylation is 3. The van der Waals surface area contributed by atoms with Gasteiger partial charge in [0.1, 0.15) is 5.75 Å². The second kappa shape index (κ2) is 7.46. The third kappa shape index (κ3) is 3.13. The van der Waals surface area contributed by atoms with E-state index in [4.69, 9.17) is 4.99 Å². The number of H-pyrrole nitrogens is 1. The lowest BCUT2D eigenvalue weighted by atomic mass is 9.88. The molecule has 2 heterocycles. The van der Waals surface area contributed by atoms with Crippen LogP contribution >= 0.6 is 0 Å². The first-order valence-electron chi connectivity index (χ1n) is 10.2. The van der Waals surface area contributed by atoms with Gasteiger partial charge >= 0.3 is 0 Å². The van der Waals surface area contributed by atoms with Gasteiger partial charge in [0.25, 0.3) is 0 Å². The SMILES string of the molecule is CCC1=C(C)/C(=C(/c2[nH]c(C)c(CC)c2C)c2c(C)cc(O)cc2C)N=C1C. The van der Waals surface area contributed by atoms with Crippen LogP contribution in [0.4, 0.5) is 0 Å². The monoisotopic (exact) mass is 376 g/mol. The maximum atomic E-state index is 10.1. The van der Waals surface area contributed by atoms with Crippen LogP contribution in [0.3, 0.4) is 0 Å². The van der Waals surface area contributed by atoms with E-state index in [1.54, 1.807) is 0 Å². The lowest BCUT2D eigenvalue weighted by Crippen LogP contribution is -2.01. The molecule has 1 aliphatic rings. The zero-order chi connectivity index (χ0) is 20.7. The van der Waals surface area contributed by atoms with Gasteiger partial charge in [-0.15, -0.1) is 0 Å². The van der Waals surface area contributed by atoms with Gasteiger partial charge < -0.3 is 10.1 Å². The molecule has 3 rings (SSSR count). The maximum absolute atomic E-state index is 10.1. The van der Waals surface area contributed by atoms with Gasteiger partial charge in [-0.2, -0.15) is 0 Å². The Labute approximate surface area is 168 Å². The summed E-state index contributed by atoms with van der Waals surface area (Å²) in [6.07, 6.45) is 1.98. The smallest absolute Gasteiger partial charge is 0.116 e. The molecule has 0 saturated carbocycles. The van der Waals surface area contributed by atoms with Crippen LogP contribution < -0.4 is 0 Å². The fourth-order valence-corrected chi connectivity index (χ4v) is 4.76. The number of rotatable bonds is 4. The van der Waals surface area contributed by atoms with Crippen molar-refractivity contribution in [3.8, 4) is 5.75 Å². The number of hydrogen-bond donors (Lipinski definition) is 2. The Morgan fingerprint density at radius 2 is 1.57 bits per heavy atom. The number of benzene rings is 1. The van der Waals surface area contributed by atoms with Crippen molar-refractivity contribution in [3.05, 3.63) is 68.2 Å². The van der Waals surface area contributed by atoms with Crippen LogP contribution in [-0.4, -0.2) is 15.8 Å². The molecule has 0 fully saturated rings. The molecule has 0 spiro atoms. The predicted octanol–water partition coefficient (Wildman–Crippen LogP) is 6.48. The van der Waals surface area contributed by atoms with Gasteiger partial charge in [-0.1, -0.05) is 13.8 Å². The molecule has 3 nitrogen and oxygen atoms in total. The number of phenols is 1. The molecule has 0 amide bonds. The molecule has 0 radical (unpaired) electrons. The van der Waals surface area contributed by atoms with Crippen molar-refractivity contribution in [2.24, 2.45) is 4.99 Å². The molecular formula is C25H32N2O. The van der Waals surface area contributed by atoms with Gasteiger partial charge in [-0.25, -0.2) is 0 Å². The van der Waals surface area contributed by atoms with E-state index in [1.807, 2.05) is 12.1 Å². The summed E-state index contributed by atoms with van der Waals surface area (Å²) in [6.45, 7) is 17.2. The van der Waals surface area contributed by atoms with E-state index in [2.05, 4.69) is 60.4 Å². The van der Waals surface area contributed by atoms with Crippen molar-refractivity contribution in [2.75, 3.05) is 0 Å². The van der Waals surface area contributed by atoms with Crippen LogP contribution in [-0.2, 0) is 6.42 Å². The third-order valence-electron chi connectivity index (χ3n) is 6.08. The Morgan fingerprint density at radius 1 is 0.964 bits per heavy atom. The second-order valence-corrected chi connectivity index (χ2v) is 7.91. The van der Waals surface area contributed by atoms with Crippen LogP contribution in [0.5, 0.6) is 5.75 Å².